The van der Waals surface area contributed by atoms with Crippen molar-refractivity contribution < 1.29 is 0 Å². The van der Waals surface area contributed by atoms with Gasteiger partial charge in [-0.3, -0.25) is 4.68 Å². The molecule has 3 heteroatoms. The maximum absolute atomic E-state index is 4.53. The number of hydrogen-bond acceptors (Lipinski definition) is 2. The molecule has 0 aliphatic heterocycles. The van der Waals surface area contributed by atoms with Crippen molar-refractivity contribution >= 4 is 0 Å². The van der Waals surface area contributed by atoms with Gasteiger partial charge in [0.05, 0.1) is 5.69 Å². The highest BCUT2D eigenvalue weighted by molar-refractivity contribution is 5.22. The second kappa shape index (κ2) is 6.04. The Hall–Kier alpha value is -0.830. The molecular formula is C13H25N3. The first-order chi connectivity index (χ1) is 7.63. The summed E-state index contributed by atoms with van der Waals surface area (Å²) in [5.41, 5.74) is 2.61. The van der Waals surface area contributed by atoms with E-state index in [0.29, 0.717) is 12.0 Å². The van der Waals surface area contributed by atoms with Gasteiger partial charge in [0.1, 0.15) is 0 Å². The SMILES string of the molecule is CCNC(c1cn(C)nc1CC)C(C)CC. The van der Waals surface area contributed by atoms with Gasteiger partial charge in [0.2, 0.25) is 0 Å². The summed E-state index contributed by atoms with van der Waals surface area (Å²) >= 11 is 0. The van der Waals surface area contributed by atoms with E-state index in [1.165, 1.54) is 17.7 Å². The number of hydrogen-bond donors (Lipinski definition) is 1. The predicted molar refractivity (Wildman–Crippen MR) is 68.5 cm³/mol. The van der Waals surface area contributed by atoms with E-state index in [0.717, 1.165) is 13.0 Å². The molecule has 0 saturated heterocycles. The first kappa shape index (κ1) is 13.2. The Bertz CT molecular complexity index is 317. The number of aryl methyl sites for hydroxylation is 2. The minimum Gasteiger partial charge on any atom is -0.310 e. The summed E-state index contributed by atoms with van der Waals surface area (Å²) < 4.78 is 1.93. The van der Waals surface area contributed by atoms with E-state index >= 15 is 0 Å². The van der Waals surface area contributed by atoms with E-state index in [-0.39, 0.29) is 0 Å². The zero-order valence-corrected chi connectivity index (χ0v) is 11.2. The minimum atomic E-state index is 0.443. The molecule has 1 heterocycles. The molecule has 1 aromatic heterocycles. The number of nitrogens with one attached hydrogen (secondary N) is 1. The fraction of sp³-hybridized carbons (Fsp3) is 0.769. The van der Waals surface area contributed by atoms with Crippen LogP contribution in [0.3, 0.4) is 0 Å². The Kier molecular flexibility index (Phi) is 5.00. The molecule has 1 aromatic rings. The molecule has 1 rings (SSSR count). The fourth-order valence-corrected chi connectivity index (χ4v) is 2.16. The van der Waals surface area contributed by atoms with Crippen molar-refractivity contribution in [3.63, 3.8) is 0 Å². The molecule has 0 aliphatic rings. The molecular weight excluding hydrogens is 198 g/mol. The molecule has 92 valence electrons. The van der Waals surface area contributed by atoms with Crippen LogP contribution >= 0.6 is 0 Å². The van der Waals surface area contributed by atoms with E-state index in [9.17, 15) is 0 Å². The van der Waals surface area contributed by atoms with Gasteiger partial charge in [0.15, 0.2) is 0 Å². The van der Waals surface area contributed by atoms with Gasteiger partial charge in [0.25, 0.3) is 0 Å². The Morgan fingerprint density at radius 1 is 1.38 bits per heavy atom. The lowest BCUT2D eigenvalue weighted by Crippen LogP contribution is -2.27. The van der Waals surface area contributed by atoms with Crippen LogP contribution in [0, 0.1) is 5.92 Å². The molecule has 0 bridgehead atoms. The molecule has 0 saturated carbocycles. The van der Waals surface area contributed by atoms with Crippen molar-refractivity contribution in [1.82, 2.24) is 15.1 Å². The third-order valence-corrected chi connectivity index (χ3v) is 3.24. The van der Waals surface area contributed by atoms with Gasteiger partial charge >= 0.3 is 0 Å². The Balaban J connectivity index is 2.99. The third-order valence-electron chi connectivity index (χ3n) is 3.24. The smallest absolute Gasteiger partial charge is 0.0669 e. The highest BCUT2D eigenvalue weighted by Crippen LogP contribution is 2.26. The molecule has 0 fully saturated rings. The van der Waals surface area contributed by atoms with Crippen LogP contribution in [-0.2, 0) is 13.5 Å². The maximum atomic E-state index is 4.53. The van der Waals surface area contributed by atoms with Crippen LogP contribution in [0.25, 0.3) is 0 Å². The zero-order chi connectivity index (χ0) is 12.1. The van der Waals surface area contributed by atoms with Crippen LogP contribution in [0.1, 0.15) is 51.4 Å². The van der Waals surface area contributed by atoms with Gasteiger partial charge in [-0.05, 0) is 18.9 Å². The summed E-state index contributed by atoms with van der Waals surface area (Å²) in [7, 11) is 2.00. The molecule has 2 unspecified atom stereocenters. The molecule has 2 atom stereocenters. The van der Waals surface area contributed by atoms with Gasteiger partial charge in [-0.25, -0.2) is 0 Å². The summed E-state index contributed by atoms with van der Waals surface area (Å²) in [5.74, 6) is 0.648. The number of aromatic nitrogens is 2. The van der Waals surface area contributed by atoms with E-state index in [2.05, 4.69) is 44.3 Å². The lowest BCUT2D eigenvalue weighted by Gasteiger charge is -2.23. The highest BCUT2D eigenvalue weighted by atomic mass is 15.3. The summed E-state index contributed by atoms with van der Waals surface area (Å²) in [6.45, 7) is 9.90. The average Bonchev–Trinajstić information content (AvgIpc) is 2.66. The summed E-state index contributed by atoms with van der Waals surface area (Å²) in [6.07, 6.45) is 4.36. The van der Waals surface area contributed by atoms with Crippen molar-refractivity contribution in [2.45, 2.75) is 46.6 Å². The number of nitrogens with zero attached hydrogens (tertiary/aromatic N) is 2. The van der Waals surface area contributed by atoms with Crippen molar-refractivity contribution in [3.05, 3.63) is 17.5 Å². The topological polar surface area (TPSA) is 29.9 Å². The maximum Gasteiger partial charge on any atom is 0.0669 e. The van der Waals surface area contributed by atoms with Crippen LogP contribution in [0.5, 0.6) is 0 Å². The van der Waals surface area contributed by atoms with Crippen molar-refractivity contribution in [2.75, 3.05) is 6.54 Å². The largest absolute Gasteiger partial charge is 0.310 e. The van der Waals surface area contributed by atoms with Crippen molar-refractivity contribution in [1.29, 1.82) is 0 Å². The summed E-state index contributed by atoms with van der Waals surface area (Å²) in [4.78, 5) is 0. The quantitative estimate of drug-likeness (QED) is 0.803. The highest BCUT2D eigenvalue weighted by Gasteiger charge is 2.21. The van der Waals surface area contributed by atoms with Gasteiger partial charge in [0, 0.05) is 24.8 Å². The van der Waals surface area contributed by atoms with Crippen LogP contribution in [0.2, 0.25) is 0 Å². The van der Waals surface area contributed by atoms with Crippen molar-refractivity contribution in [2.24, 2.45) is 13.0 Å². The molecule has 0 spiro atoms. The molecule has 0 aromatic carbocycles. The monoisotopic (exact) mass is 223 g/mol. The average molecular weight is 223 g/mol. The van der Waals surface area contributed by atoms with Crippen LogP contribution in [0.4, 0.5) is 0 Å². The predicted octanol–water partition coefficient (Wildman–Crippen LogP) is 2.68. The first-order valence-corrected chi connectivity index (χ1v) is 6.39. The Morgan fingerprint density at radius 2 is 2.06 bits per heavy atom. The Labute approximate surface area is 99.2 Å². The fourth-order valence-electron chi connectivity index (χ4n) is 2.16. The zero-order valence-electron chi connectivity index (χ0n) is 11.2. The first-order valence-electron chi connectivity index (χ1n) is 6.39. The van der Waals surface area contributed by atoms with E-state index in [1.807, 2.05) is 11.7 Å². The second-order valence-electron chi connectivity index (χ2n) is 4.48. The number of rotatable bonds is 6. The van der Waals surface area contributed by atoms with Gasteiger partial charge in [-0.2, -0.15) is 5.10 Å². The van der Waals surface area contributed by atoms with Crippen LogP contribution in [0.15, 0.2) is 6.20 Å². The van der Waals surface area contributed by atoms with E-state index in [1.54, 1.807) is 0 Å². The van der Waals surface area contributed by atoms with Gasteiger partial charge in [-0.1, -0.05) is 34.1 Å². The Morgan fingerprint density at radius 3 is 2.56 bits per heavy atom. The van der Waals surface area contributed by atoms with E-state index in [4.69, 9.17) is 0 Å². The molecule has 0 radical (unpaired) electrons. The summed E-state index contributed by atoms with van der Waals surface area (Å²) in [5, 5.41) is 8.11. The second-order valence-corrected chi connectivity index (χ2v) is 4.48. The lowest BCUT2D eigenvalue weighted by atomic mass is 9.92. The third kappa shape index (κ3) is 2.85. The van der Waals surface area contributed by atoms with Crippen LogP contribution < -0.4 is 5.32 Å². The summed E-state index contributed by atoms with van der Waals surface area (Å²) in [6, 6.07) is 0.443. The molecule has 0 amide bonds. The van der Waals surface area contributed by atoms with Crippen molar-refractivity contribution in [3.8, 4) is 0 Å². The normalized spacial score (nSPS) is 15.1. The van der Waals surface area contributed by atoms with Gasteiger partial charge < -0.3 is 5.32 Å². The van der Waals surface area contributed by atoms with E-state index < -0.39 is 0 Å². The molecule has 0 aliphatic carbocycles. The molecule has 16 heavy (non-hydrogen) atoms. The molecule has 1 N–H and O–H groups in total. The standard InChI is InChI=1S/C13H25N3/c1-6-10(4)13(14-8-3)11-9-16(5)15-12(11)7-2/h9-10,13-14H,6-8H2,1-5H3. The lowest BCUT2D eigenvalue weighted by molar-refractivity contribution is 0.382. The van der Waals surface area contributed by atoms with Gasteiger partial charge in [-0.15, -0.1) is 0 Å². The minimum absolute atomic E-state index is 0.443. The molecule has 3 nitrogen and oxygen atoms in total. The van der Waals surface area contributed by atoms with Crippen LogP contribution in [-0.4, -0.2) is 16.3 Å².